The van der Waals surface area contributed by atoms with Crippen LogP contribution in [0.5, 0.6) is 5.75 Å². The first kappa shape index (κ1) is 15.6. The predicted octanol–water partition coefficient (Wildman–Crippen LogP) is 2.96. The number of nitrogens with zero attached hydrogens (tertiary/aromatic N) is 1. The molecule has 1 fully saturated rings. The summed E-state index contributed by atoms with van der Waals surface area (Å²) in [6, 6.07) is 15.7. The second-order valence-corrected chi connectivity index (χ2v) is 5.73. The topological polar surface area (TPSA) is 49.8 Å². The Labute approximate surface area is 136 Å². The minimum atomic E-state index is -0.0265. The maximum absolute atomic E-state index is 12.8. The number of hydrogen-bond acceptors (Lipinski definition) is 3. The largest absolute Gasteiger partial charge is 0.496 e. The van der Waals surface area contributed by atoms with E-state index < -0.39 is 0 Å². The van der Waals surface area contributed by atoms with Crippen molar-refractivity contribution in [2.75, 3.05) is 20.3 Å². The average Bonchev–Trinajstić information content (AvgIpc) is 3.44. The van der Waals surface area contributed by atoms with E-state index >= 15 is 0 Å². The van der Waals surface area contributed by atoms with E-state index in [9.17, 15) is 9.90 Å². The summed E-state index contributed by atoms with van der Waals surface area (Å²) in [5.41, 5.74) is 2.54. The molecular formula is C19H21NO3. The van der Waals surface area contributed by atoms with Crippen molar-refractivity contribution in [3.63, 3.8) is 0 Å². The highest BCUT2D eigenvalue weighted by Crippen LogP contribution is 2.33. The maximum Gasteiger partial charge on any atom is 0.254 e. The van der Waals surface area contributed by atoms with Gasteiger partial charge in [-0.05, 0) is 36.6 Å². The first-order chi connectivity index (χ1) is 11.2. The molecule has 1 saturated carbocycles. The number of benzene rings is 2. The number of aliphatic hydroxyl groups excluding tert-OH is 1. The standard InChI is InChI=1S/C19H21NO3/c1-23-18-10-7-15(13-17(18)14-5-3-2-4-6-14)19(22)20(11-12-21)16-8-9-16/h2-7,10,13,16,21H,8-9,11-12H2,1H3. The fourth-order valence-corrected chi connectivity index (χ4v) is 2.79. The van der Waals surface area contributed by atoms with Gasteiger partial charge in [0.05, 0.1) is 13.7 Å². The molecule has 1 aliphatic carbocycles. The second kappa shape index (κ2) is 6.84. The smallest absolute Gasteiger partial charge is 0.254 e. The summed E-state index contributed by atoms with van der Waals surface area (Å²) in [6.07, 6.45) is 2.04. The first-order valence-electron chi connectivity index (χ1n) is 7.90. The molecule has 1 amide bonds. The Morgan fingerprint density at radius 1 is 1.22 bits per heavy atom. The zero-order valence-corrected chi connectivity index (χ0v) is 13.2. The third-order valence-corrected chi connectivity index (χ3v) is 4.12. The zero-order chi connectivity index (χ0) is 16.2. The number of rotatable bonds is 6. The van der Waals surface area contributed by atoms with Gasteiger partial charge in [-0.25, -0.2) is 0 Å². The molecule has 0 aliphatic heterocycles. The molecule has 1 N–H and O–H groups in total. The molecular weight excluding hydrogens is 290 g/mol. The Balaban J connectivity index is 1.95. The van der Waals surface area contributed by atoms with Gasteiger partial charge in [-0.2, -0.15) is 0 Å². The van der Waals surface area contributed by atoms with Gasteiger partial charge in [0, 0.05) is 23.7 Å². The number of methoxy groups -OCH3 is 1. The average molecular weight is 311 g/mol. The van der Waals surface area contributed by atoms with Crippen LogP contribution in [0.3, 0.4) is 0 Å². The molecule has 2 aromatic carbocycles. The lowest BCUT2D eigenvalue weighted by molar-refractivity contribution is 0.0707. The quantitative estimate of drug-likeness (QED) is 0.892. The highest BCUT2D eigenvalue weighted by molar-refractivity contribution is 5.96. The molecule has 0 bridgehead atoms. The van der Waals surface area contributed by atoms with E-state index in [2.05, 4.69) is 0 Å². The lowest BCUT2D eigenvalue weighted by atomic mass is 10.0. The molecule has 3 rings (SSSR count). The van der Waals surface area contributed by atoms with Crippen LogP contribution in [0.15, 0.2) is 48.5 Å². The van der Waals surface area contributed by atoms with Crippen molar-refractivity contribution in [1.82, 2.24) is 4.90 Å². The van der Waals surface area contributed by atoms with Crippen LogP contribution in [0.2, 0.25) is 0 Å². The van der Waals surface area contributed by atoms with Crippen LogP contribution in [-0.2, 0) is 0 Å². The summed E-state index contributed by atoms with van der Waals surface area (Å²) >= 11 is 0. The van der Waals surface area contributed by atoms with E-state index in [1.54, 1.807) is 18.1 Å². The summed E-state index contributed by atoms with van der Waals surface area (Å²) in [4.78, 5) is 14.5. The molecule has 120 valence electrons. The number of carbonyl (C=O) groups excluding carboxylic acids is 1. The molecule has 4 heteroatoms. The van der Waals surface area contributed by atoms with Crippen molar-refractivity contribution >= 4 is 5.91 Å². The van der Waals surface area contributed by atoms with Gasteiger partial charge in [0.15, 0.2) is 0 Å². The summed E-state index contributed by atoms with van der Waals surface area (Å²) in [6.45, 7) is 0.375. The van der Waals surface area contributed by atoms with Crippen molar-refractivity contribution in [2.45, 2.75) is 18.9 Å². The van der Waals surface area contributed by atoms with E-state index in [0.29, 0.717) is 12.1 Å². The van der Waals surface area contributed by atoms with Crippen LogP contribution >= 0.6 is 0 Å². The van der Waals surface area contributed by atoms with Gasteiger partial charge in [-0.1, -0.05) is 30.3 Å². The van der Waals surface area contributed by atoms with E-state index in [1.165, 1.54) is 0 Å². The third-order valence-electron chi connectivity index (χ3n) is 4.12. The summed E-state index contributed by atoms with van der Waals surface area (Å²) < 4.78 is 5.44. The van der Waals surface area contributed by atoms with Crippen LogP contribution in [0.1, 0.15) is 23.2 Å². The van der Waals surface area contributed by atoms with Gasteiger partial charge < -0.3 is 14.7 Å². The van der Waals surface area contributed by atoms with E-state index in [-0.39, 0.29) is 18.6 Å². The highest BCUT2D eigenvalue weighted by atomic mass is 16.5. The molecule has 0 unspecified atom stereocenters. The van der Waals surface area contributed by atoms with Crippen LogP contribution in [0.25, 0.3) is 11.1 Å². The van der Waals surface area contributed by atoms with E-state index in [0.717, 1.165) is 29.7 Å². The lowest BCUT2D eigenvalue weighted by Crippen LogP contribution is -2.35. The zero-order valence-electron chi connectivity index (χ0n) is 13.2. The molecule has 0 radical (unpaired) electrons. The highest BCUT2D eigenvalue weighted by Gasteiger charge is 2.32. The van der Waals surface area contributed by atoms with Crippen molar-refractivity contribution in [2.24, 2.45) is 0 Å². The first-order valence-corrected chi connectivity index (χ1v) is 7.90. The summed E-state index contributed by atoms with van der Waals surface area (Å²) in [5, 5.41) is 9.21. The minimum Gasteiger partial charge on any atom is -0.496 e. The predicted molar refractivity (Wildman–Crippen MR) is 89.6 cm³/mol. The van der Waals surface area contributed by atoms with Crippen molar-refractivity contribution < 1.29 is 14.6 Å². The molecule has 0 spiro atoms. The molecule has 1 aliphatic rings. The monoisotopic (exact) mass is 311 g/mol. The third kappa shape index (κ3) is 3.37. The minimum absolute atomic E-state index is 0.00998. The van der Waals surface area contributed by atoms with Crippen LogP contribution in [-0.4, -0.2) is 42.2 Å². The summed E-state index contributed by atoms with van der Waals surface area (Å²) in [5.74, 6) is 0.717. The van der Waals surface area contributed by atoms with Crippen molar-refractivity contribution in [1.29, 1.82) is 0 Å². The normalized spacial score (nSPS) is 13.7. The molecule has 0 saturated heterocycles. The Kier molecular flexibility index (Phi) is 4.63. The molecule has 0 heterocycles. The second-order valence-electron chi connectivity index (χ2n) is 5.73. The Bertz CT molecular complexity index is 680. The number of ether oxygens (including phenoxy) is 1. The fraction of sp³-hybridized carbons (Fsp3) is 0.316. The van der Waals surface area contributed by atoms with Gasteiger partial charge >= 0.3 is 0 Å². The SMILES string of the molecule is COc1ccc(C(=O)N(CCO)C2CC2)cc1-c1ccccc1. The van der Waals surface area contributed by atoms with Crippen LogP contribution in [0.4, 0.5) is 0 Å². The Morgan fingerprint density at radius 2 is 1.96 bits per heavy atom. The maximum atomic E-state index is 12.8. The molecule has 23 heavy (non-hydrogen) atoms. The lowest BCUT2D eigenvalue weighted by Gasteiger charge is -2.22. The fourth-order valence-electron chi connectivity index (χ4n) is 2.79. The van der Waals surface area contributed by atoms with Crippen LogP contribution < -0.4 is 4.74 Å². The molecule has 4 nitrogen and oxygen atoms in total. The molecule has 0 atom stereocenters. The molecule has 0 aromatic heterocycles. The Morgan fingerprint density at radius 3 is 2.57 bits per heavy atom. The van der Waals surface area contributed by atoms with E-state index in [1.807, 2.05) is 42.5 Å². The van der Waals surface area contributed by atoms with Gasteiger partial charge in [-0.15, -0.1) is 0 Å². The van der Waals surface area contributed by atoms with Crippen molar-refractivity contribution in [3.05, 3.63) is 54.1 Å². The van der Waals surface area contributed by atoms with Crippen molar-refractivity contribution in [3.8, 4) is 16.9 Å². The number of carbonyl (C=O) groups is 1. The summed E-state index contributed by atoms with van der Waals surface area (Å²) in [7, 11) is 1.63. The van der Waals surface area contributed by atoms with Gasteiger partial charge in [-0.3, -0.25) is 4.79 Å². The number of aliphatic hydroxyl groups is 1. The molecule has 2 aromatic rings. The van der Waals surface area contributed by atoms with Gasteiger partial charge in [0.25, 0.3) is 5.91 Å². The number of hydrogen-bond donors (Lipinski definition) is 1. The number of amides is 1. The Hall–Kier alpha value is -2.33. The van der Waals surface area contributed by atoms with Gasteiger partial charge in [0.1, 0.15) is 5.75 Å². The van der Waals surface area contributed by atoms with E-state index in [4.69, 9.17) is 4.74 Å². The van der Waals surface area contributed by atoms with Crippen LogP contribution in [0, 0.1) is 0 Å². The van der Waals surface area contributed by atoms with Gasteiger partial charge in [0.2, 0.25) is 0 Å².